The molecular formula is C10H14O. The Balaban J connectivity index is 2.33. The van der Waals surface area contributed by atoms with Crippen molar-refractivity contribution in [2.24, 2.45) is 5.92 Å². The average molecular weight is 150 g/mol. The highest BCUT2D eigenvalue weighted by Crippen LogP contribution is 2.38. The molecule has 2 aliphatic carbocycles. The highest BCUT2D eigenvalue weighted by Gasteiger charge is 2.28. The molecule has 0 aromatic carbocycles. The number of hydrogen-bond acceptors (Lipinski definition) is 1. The molecule has 1 atom stereocenters. The number of ketones is 1. The molecule has 11 heavy (non-hydrogen) atoms. The van der Waals surface area contributed by atoms with Crippen molar-refractivity contribution in [3.8, 4) is 0 Å². The monoisotopic (exact) mass is 150 g/mol. The minimum absolute atomic E-state index is 0.440. The quantitative estimate of drug-likeness (QED) is 0.518. The zero-order valence-corrected chi connectivity index (χ0v) is 7.02. The highest BCUT2D eigenvalue weighted by atomic mass is 16.1. The molecule has 0 unspecified atom stereocenters. The number of allylic oxidation sites excluding steroid dienone is 2. The summed E-state index contributed by atoms with van der Waals surface area (Å²) >= 11 is 0. The van der Waals surface area contributed by atoms with Gasteiger partial charge in [0.2, 0.25) is 0 Å². The van der Waals surface area contributed by atoms with Crippen LogP contribution in [0.15, 0.2) is 11.1 Å². The van der Waals surface area contributed by atoms with Crippen LogP contribution in [0.5, 0.6) is 0 Å². The molecule has 60 valence electrons. The van der Waals surface area contributed by atoms with E-state index < -0.39 is 0 Å². The zero-order chi connectivity index (χ0) is 7.84. The van der Waals surface area contributed by atoms with Crippen LogP contribution >= 0.6 is 0 Å². The Morgan fingerprint density at radius 2 is 2.09 bits per heavy atom. The first-order valence-corrected chi connectivity index (χ1v) is 4.54. The summed E-state index contributed by atoms with van der Waals surface area (Å²) in [6, 6.07) is 0. The fraction of sp³-hybridized carbons (Fsp3) is 0.700. The summed E-state index contributed by atoms with van der Waals surface area (Å²) < 4.78 is 0. The van der Waals surface area contributed by atoms with Crippen molar-refractivity contribution in [2.45, 2.75) is 39.0 Å². The van der Waals surface area contributed by atoms with Crippen LogP contribution in [0.25, 0.3) is 0 Å². The summed E-state index contributed by atoms with van der Waals surface area (Å²) in [5.41, 5.74) is 2.69. The maximum Gasteiger partial charge on any atom is 0.158 e. The molecule has 0 amide bonds. The summed E-state index contributed by atoms with van der Waals surface area (Å²) in [5, 5.41) is 0. The minimum atomic E-state index is 0.440. The fourth-order valence-corrected chi connectivity index (χ4v) is 2.30. The first kappa shape index (κ1) is 7.08. The Morgan fingerprint density at radius 3 is 2.82 bits per heavy atom. The summed E-state index contributed by atoms with van der Waals surface area (Å²) in [5.74, 6) is 1.14. The number of rotatable bonds is 0. The normalized spacial score (nSPS) is 31.0. The van der Waals surface area contributed by atoms with Crippen LogP contribution in [0, 0.1) is 5.92 Å². The van der Waals surface area contributed by atoms with Gasteiger partial charge in [-0.05, 0) is 37.2 Å². The van der Waals surface area contributed by atoms with Gasteiger partial charge in [0.1, 0.15) is 0 Å². The van der Waals surface area contributed by atoms with E-state index in [9.17, 15) is 4.79 Å². The molecule has 2 rings (SSSR count). The third-order valence-corrected chi connectivity index (χ3v) is 3.00. The van der Waals surface area contributed by atoms with Crippen molar-refractivity contribution in [3.05, 3.63) is 11.1 Å². The second kappa shape index (κ2) is 2.47. The van der Waals surface area contributed by atoms with E-state index in [0.29, 0.717) is 11.7 Å². The fourth-order valence-electron chi connectivity index (χ4n) is 2.30. The van der Waals surface area contributed by atoms with Gasteiger partial charge in [0, 0.05) is 6.42 Å². The lowest BCUT2D eigenvalue weighted by Gasteiger charge is -2.15. The Hall–Kier alpha value is -0.590. The topological polar surface area (TPSA) is 17.1 Å². The number of hydrogen-bond donors (Lipinski definition) is 0. The lowest BCUT2D eigenvalue weighted by molar-refractivity contribution is -0.116. The maximum atomic E-state index is 11.4. The van der Waals surface area contributed by atoms with Gasteiger partial charge >= 0.3 is 0 Å². The predicted octanol–water partition coefficient (Wildman–Crippen LogP) is 2.47. The van der Waals surface area contributed by atoms with Gasteiger partial charge in [-0.3, -0.25) is 4.79 Å². The molecule has 2 aliphatic rings. The Kier molecular flexibility index (Phi) is 1.59. The molecule has 0 N–H and O–H groups in total. The molecule has 0 aromatic heterocycles. The number of carbonyl (C=O) groups is 1. The van der Waals surface area contributed by atoms with Crippen LogP contribution in [0.1, 0.15) is 39.0 Å². The lowest BCUT2D eigenvalue weighted by atomic mass is 9.90. The van der Waals surface area contributed by atoms with Crippen molar-refractivity contribution in [1.29, 1.82) is 0 Å². The van der Waals surface area contributed by atoms with Crippen molar-refractivity contribution in [3.63, 3.8) is 0 Å². The predicted molar refractivity (Wildman–Crippen MR) is 44.3 cm³/mol. The molecule has 0 saturated heterocycles. The van der Waals surface area contributed by atoms with Crippen LogP contribution in [0.2, 0.25) is 0 Å². The van der Waals surface area contributed by atoms with Crippen LogP contribution < -0.4 is 0 Å². The van der Waals surface area contributed by atoms with Crippen LogP contribution in [-0.2, 0) is 4.79 Å². The Bertz CT molecular complexity index is 225. The zero-order valence-electron chi connectivity index (χ0n) is 7.02. The van der Waals surface area contributed by atoms with Crippen molar-refractivity contribution in [1.82, 2.24) is 0 Å². The van der Waals surface area contributed by atoms with E-state index in [1.165, 1.54) is 24.0 Å². The molecule has 1 nitrogen and oxygen atoms in total. The summed E-state index contributed by atoms with van der Waals surface area (Å²) in [4.78, 5) is 11.4. The summed E-state index contributed by atoms with van der Waals surface area (Å²) in [6.45, 7) is 2.25. The van der Waals surface area contributed by atoms with Crippen LogP contribution in [0.4, 0.5) is 0 Å². The summed E-state index contributed by atoms with van der Waals surface area (Å²) in [7, 11) is 0. The van der Waals surface area contributed by atoms with E-state index in [4.69, 9.17) is 0 Å². The molecule has 0 aromatic rings. The van der Waals surface area contributed by atoms with Crippen LogP contribution in [-0.4, -0.2) is 5.78 Å². The standard InChI is InChI=1S/C10H14O/c1-7-5-6-9-8(7)3-2-4-10(9)11/h7H,2-6H2,1H3/t7-/m1/s1. The second-order valence-corrected chi connectivity index (χ2v) is 3.72. The van der Waals surface area contributed by atoms with Gasteiger partial charge in [0.05, 0.1) is 0 Å². The van der Waals surface area contributed by atoms with E-state index in [0.717, 1.165) is 19.3 Å². The van der Waals surface area contributed by atoms with Crippen LogP contribution in [0.3, 0.4) is 0 Å². The molecular weight excluding hydrogens is 136 g/mol. The highest BCUT2D eigenvalue weighted by molar-refractivity contribution is 5.97. The van der Waals surface area contributed by atoms with Gasteiger partial charge in [0.15, 0.2) is 5.78 Å². The third kappa shape index (κ3) is 1.03. The van der Waals surface area contributed by atoms with E-state index in [1.807, 2.05) is 0 Å². The van der Waals surface area contributed by atoms with Crippen molar-refractivity contribution in [2.75, 3.05) is 0 Å². The largest absolute Gasteiger partial charge is 0.295 e. The minimum Gasteiger partial charge on any atom is -0.295 e. The van der Waals surface area contributed by atoms with Gasteiger partial charge in [-0.2, -0.15) is 0 Å². The van der Waals surface area contributed by atoms with Gasteiger partial charge in [-0.1, -0.05) is 12.5 Å². The number of carbonyl (C=O) groups excluding carboxylic acids is 1. The molecule has 1 heteroatoms. The smallest absolute Gasteiger partial charge is 0.158 e. The van der Waals surface area contributed by atoms with E-state index in [1.54, 1.807) is 0 Å². The van der Waals surface area contributed by atoms with Crippen molar-refractivity contribution >= 4 is 5.78 Å². The molecule has 0 heterocycles. The van der Waals surface area contributed by atoms with Gasteiger partial charge in [0.25, 0.3) is 0 Å². The van der Waals surface area contributed by atoms with E-state index in [-0.39, 0.29) is 0 Å². The second-order valence-electron chi connectivity index (χ2n) is 3.72. The van der Waals surface area contributed by atoms with Gasteiger partial charge < -0.3 is 0 Å². The molecule has 0 fully saturated rings. The van der Waals surface area contributed by atoms with Gasteiger partial charge in [-0.25, -0.2) is 0 Å². The Morgan fingerprint density at radius 1 is 1.27 bits per heavy atom. The average Bonchev–Trinajstić information content (AvgIpc) is 2.35. The first-order valence-electron chi connectivity index (χ1n) is 4.54. The molecule has 0 saturated carbocycles. The molecule has 0 aliphatic heterocycles. The SMILES string of the molecule is C[C@@H]1CCC2=C1CCCC2=O. The molecule has 0 bridgehead atoms. The third-order valence-electron chi connectivity index (χ3n) is 3.00. The van der Waals surface area contributed by atoms with Crippen molar-refractivity contribution < 1.29 is 4.79 Å². The number of Topliss-reactive ketones (excluding diaryl/α,β-unsaturated/α-hetero) is 1. The van der Waals surface area contributed by atoms with E-state index >= 15 is 0 Å². The summed E-state index contributed by atoms with van der Waals surface area (Å²) in [6.07, 6.45) is 5.39. The maximum absolute atomic E-state index is 11.4. The van der Waals surface area contributed by atoms with Gasteiger partial charge in [-0.15, -0.1) is 0 Å². The first-order chi connectivity index (χ1) is 5.29. The van der Waals surface area contributed by atoms with E-state index in [2.05, 4.69) is 6.92 Å². The molecule has 0 spiro atoms. The molecule has 0 radical (unpaired) electrons. The Labute approximate surface area is 67.5 Å². The lowest BCUT2D eigenvalue weighted by Crippen LogP contribution is -2.09.